The molecule has 0 unspecified atom stereocenters. The van der Waals surface area contributed by atoms with Crippen LogP contribution in [0.2, 0.25) is 0 Å². The van der Waals surface area contributed by atoms with Crippen molar-refractivity contribution in [1.29, 1.82) is 0 Å². The van der Waals surface area contributed by atoms with Crippen molar-refractivity contribution in [2.75, 3.05) is 0 Å². The van der Waals surface area contributed by atoms with Crippen molar-refractivity contribution in [2.45, 2.75) is 0 Å². The Hall–Kier alpha value is -1.09. The fraction of sp³-hybridized carbons (Fsp3) is 0. The van der Waals surface area contributed by atoms with Crippen LogP contribution in [0.5, 0.6) is 0 Å². The van der Waals surface area contributed by atoms with Crippen LogP contribution in [0.4, 0.5) is 0 Å². The van der Waals surface area contributed by atoms with Gasteiger partial charge in [-0.1, -0.05) is 11.2 Å². The molecule has 0 spiro atoms. The highest BCUT2D eigenvalue weighted by Gasteiger charge is 1.70. The molecule has 0 aliphatic carbocycles. The quantitative estimate of drug-likeness (QED) is 0.512. The third-order valence-electron chi connectivity index (χ3n) is 0.569. The maximum Gasteiger partial charge on any atom is 0.122 e. The average molecular weight is 112 g/mol. The molecule has 3 heteroatoms. The summed E-state index contributed by atoms with van der Waals surface area (Å²) in [5.74, 6) is 0. The number of hydrogen-bond acceptors (Lipinski definition) is 3. The molecule has 1 rings (SSSR count). The van der Waals surface area contributed by atoms with Crippen LogP contribution in [-0.4, -0.2) is 6.21 Å². The van der Waals surface area contributed by atoms with Gasteiger partial charge < -0.3 is 11.0 Å². The second-order valence-electron chi connectivity index (χ2n) is 1.07. The van der Waals surface area contributed by atoms with E-state index in [1.54, 1.807) is 18.4 Å². The van der Waals surface area contributed by atoms with Crippen molar-refractivity contribution in [3.63, 3.8) is 0 Å². The Morgan fingerprint density at radius 1 is 1.12 bits per heavy atom. The highest BCUT2D eigenvalue weighted by atomic mass is 16.6. The van der Waals surface area contributed by atoms with Gasteiger partial charge in [0, 0.05) is 0 Å². The molecule has 0 fully saturated rings. The minimum absolute atomic E-state index is 0. The Kier molecular flexibility index (Phi) is 3.52. The molecular formula is C5H8N2O. The van der Waals surface area contributed by atoms with Crippen LogP contribution >= 0.6 is 0 Å². The van der Waals surface area contributed by atoms with Crippen molar-refractivity contribution in [1.82, 2.24) is 6.15 Å². The molecule has 44 valence electrons. The lowest BCUT2D eigenvalue weighted by Gasteiger charge is -1.77. The van der Waals surface area contributed by atoms with E-state index < -0.39 is 0 Å². The first-order valence-corrected chi connectivity index (χ1v) is 2.01. The van der Waals surface area contributed by atoms with Gasteiger partial charge in [0.05, 0.1) is 6.21 Å². The lowest BCUT2D eigenvalue weighted by molar-refractivity contribution is 0.271. The summed E-state index contributed by atoms with van der Waals surface area (Å²) in [5, 5.41) is 3.47. The van der Waals surface area contributed by atoms with Crippen LogP contribution in [0, 0.1) is 0 Å². The van der Waals surface area contributed by atoms with E-state index in [1.165, 1.54) is 6.26 Å². The molecule has 0 radical (unpaired) electrons. The molecule has 0 aromatic rings. The second kappa shape index (κ2) is 4.08. The molecule has 0 bridgehead atoms. The van der Waals surface area contributed by atoms with Crippen LogP contribution in [-0.2, 0) is 4.84 Å². The smallest absolute Gasteiger partial charge is 0.122 e. The number of rotatable bonds is 0. The number of oxime groups is 1. The molecule has 0 atom stereocenters. The van der Waals surface area contributed by atoms with Gasteiger partial charge >= 0.3 is 0 Å². The van der Waals surface area contributed by atoms with Crippen molar-refractivity contribution in [2.24, 2.45) is 5.16 Å². The summed E-state index contributed by atoms with van der Waals surface area (Å²) < 4.78 is 0. The van der Waals surface area contributed by atoms with E-state index >= 15 is 0 Å². The van der Waals surface area contributed by atoms with Gasteiger partial charge in [-0.2, -0.15) is 0 Å². The summed E-state index contributed by atoms with van der Waals surface area (Å²) in [6.45, 7) is 0. The highest BCUT2D eigenvalue weighted by molar-refractivity contribution is 5.71. The van der Waals surface area contributed by atoms with Crippen molar-refractivity contribution in [3.8, 4) is 0 Å². The van der Waals surface area contributed by atoms with Gasteiger partial charge in [-0.15, -0.1) is 0 Å². The van der Waals surface area contributed by atoms with E-state index in [0.29, 0.717) is 0 Å². The minimum atomic E-state index is 0. The molecule has 0 amide bonds. The SMILES string of the molecule is C1=CC=NOC=C1.N. The molecule has 1 aliphatic heterocycles. The Bertz CT molecular complexity index is 112. The van der Waals surface area contributed by atoms with Crippen molar-refractivity contribution >= 4 is 6.21 Å². The zero-order valence-corrected chi connectivity index (χ0v) is 4.45. The first-order chi connectivity index (χ1) is 3.50. The molecule has 8 heavy (non-hydrogen) atoms. The largest absolute Gasteiger partial charge is 0.365 e. The molecule has 0 aromatic carbocycles. The van der Waals surface area contributed by atoms with E-state index in [1.807, 2.05) is 6.08 Å². The predicted molar refractivity (Wildman–Crippen MR) is 32.9 cm³/mol. The molecule has 1 aliphatic rings. The van der Waals surface area contributed by atoms with E-state index in [9.17, 15) is 0 Å². The van der Waals surface area contributed by atoms with Crippen LogP contribution < -0.4 is 6.15 Å². The van der Waals surface area contributed by atoms with Gasteiger partial charge in [0.2, 0.25) is 0 Å². The van der Waals surface area contributed by atoms with Gasteiger partial charge in [-0.3, -0.25) is 0 Å². The summed E-state index contributed by atoms with van der Waals surface area (Å²) in [7, 11) is 0. The summed E-state index contributed by atoms with van der Waals surface area (Å²) >= 11 is 0. The van der Waals surface area contributed by atoms with E-state index in [-0.39, 0.29) is 6.15 Å². The normalized spacial score (nSPS) is 14.0. The third-order valence-corrected chi connectivity index (χ3v) is 0.569. The lowest BCUT2D eigenvalue weighted by atomic mass is 10.5. The van der Waals surface area contributed by atoms with Crippen LogP contribution in [0.1, 0.15) is 0 Å². The minimum Gasteiger partial charge on any atom is -0.365 e. The lowest BCUT2D eigenvalue weighted by Crippen LogP contribution is -1.61. The summed E-state index contributed by atoms with van der Waals surface area (Å²) in [4.78, 5) is 4.52. The van der Waals surface area contributed by atoms with Gasteiger partial charge in [0.25, 0.3) is 0 Å². The van der Waals surface area contributed by atoms with Gasteiger partial charge in [-0.25, -0.2) is 0 Å². The summed E-state index contributed by atoms with van der Waals surface area (Å²) in [6, 6.07) is 0. The molecule has 1 heterocycles. The first kappa shape index (κ1) is 6.91. The predicted octanol–water partition coefficient (Wildman–Crippen LogP) is 1.23. The zero-order chi connectivity index (χ0) is 4.95. The number of hydrogen-bond donors (Lipinski definition) is 1. The molecule has 0 aromatic heterocycles. The number of nitrogens with zero attached hydrogens (tertiary/aromatic N) is 1. The topological polar surface area (TPSA) is 56.6 Å². The van der Waals surface area contributed by atoms with E-state index in [2.05, 4.69) is 9.99 Å². The Balaban J connectivity index is 0.000000490. The van der Waals surface area contributed by atoms with Crippen LogP contribution in [0.15, 0.2) is 29.6 Å². The Morgan fingerprint density at radius 2 is 2.00 bits per heavy atom. The van der Waals surface area contributed by atoms with Gasteiger partial charge in [0.15, 0.2) is 0 Å². The standard InChI is InChI=1S/C5H5NO.H3N/c1-2-4-6-7-5-3-1;/h1-5H;1H3. The Morgan fingerprint density at radius 3 is 2.88 bits per heavy atom. The third kappa shape index (κ3) is 2.15. The van der Waals surface area contributed by atoms with Crippen LogP contribution in [0.3, 0.4) is 0 Å². The molecule has 0 saturated heterocycles. The highest BCUT2D eigenvalue weighted by Crippen LogP contribution is 1.83. The molecule has 0 saturated carbocycles. The van der Waals surface area contributed by atoms with Crippen LogP contribution in [0.25, 0.3) is 0 Å². The Labute approximate surface area is 47.9 Å². The molecule has 3 N–H and O–H groups in total. The number of allylic oxidation sites excluding steroid dienone is 3. The van der Waals surface area contributed by atoms with E-state index in [0.717, 1.165) is 0 Å². The second-order valence-corrected chi connectivity index (χ2v) is 1.07. The first-order valence-electron chi connectivity index (χ1n) is 2.01. The van der Waals surface area contributed by atoms with Gasteiger partial charge in [-0.05, 0) is 12.2 Å². The fourth-order valence-corrected chi connectivity index (χ4v) is 0.300. The van der Waals surface area contributed by atoms with Crippen molar-refractivity contribution < 1.29 is 4.84 Å². The zero-order valence-electron chi connectivity index (χ0n) is 4.45. The maximum atomic E-state index is 4.52. The molecule has 3 nitrogen and oxygen atoms in total. The summed E-state index contributed by atoms with van der Waals surface area (Å²) in [6.07, 6.45) is 8.51. The average Bonchev–Trinajstić information content (AvgIpc) is 1.90. The fourth-order valence-electron chi connectivity index (χ4n) is 0.300. The van der Waals surface area contributed by atoms with E-state index in [4.69, 9.17) is 0 Å². The maximum absolute atomic E-state index is 4.52. The molecular weight excluding hydrogens is 104 g/mol. The monoisotopic (exact) mass is 112 g/mol. The van der Waals surface area contributed by atoms with Crippen molar-refractivity contribution in [3.05, 3.63) is 24.5 Å². The van der Waals surface area contributed by atoms with Gasteiger partial charge in [0.1, 0.15) is 6.26 Å². The summed E-state index contributed by atoms with van der Waals surface area (Å²) in [5.41, 5.74) is 0.